The zero-order chi connectivity index (χ0) is 20.6. The van der Waals surface area contributed by atoms with Crippen LogP contribution in [-0.2, 0) is 0 Å². The maximum absolute atomic E-state index is 12.6. The van der Waals surface area contributed by atoms with Gasteiger partial charge in [0.25, 0.3) is 5.75 Å². The molecular weight excluding hydrogens is 372 g/mol. The zero-order valence-corrected chi connectivity index (χ0v) is 16.3. The molecule has 29 heavy (non-hydrogen) atoms. The fourth-order valence-corrected chi connectivity index (χ4v) is 2.73. The Kier molecular flexibility index (Phi) is 6.68. The minimum absolute atomic E-state index is 0.174. The first kappa shape index (κ1) is 20.2. The van der Waals surface area contributed by atoms with Gasteiger partial charge in [-0.15, -0.1) is 0 Å². The monoisotopic (exact) mass is 394 g/mol. The van der Waals surface area contributed by atoms with Crippen LogP contribution in [0.4, 0.5) is 0 Å². The van der Waals surface area contributed by atoms with E-state index in [9.17, 15) is 9.59 Å². The molecule has 6 heteroatoms. The molecule has 6 nitrogen and oxygen atoms in total. The second-order valence-electron chi connectivity index (χ2n) is 6.18. The van der Waals surface area contributed by atoms with Gasteiger partial charge in [0.05, 0.1) is 24.7 Å². The number of methoxy groups -OCH3 is 1. The smallest absolute Gasteiger partial charge is 0.383 e. The Morgan fingerprint density at radius 3 is 2.59 bits per heavy atom. The molecule has 0 unspecified atom stereocenters. The van der Waals surface area contributed by atoms with Crippen molar-refractivity contribution in [1.29, 1.82) is 0 Å². The van der Waals surface area contributed by atoms with Gasteiger partial charge in [0.2, 0.25) is 0 Å². The summed E-state index contributed by atoms with van der Waals surface area (Å²) in [5, 5.41) is 0.515. The van der Waals surface area contributed by atoms with Crippen LogP contribution in [0.1, 0.15) is 30.1 Å². The number of rotatable bonds is 8. The Labute approximate surface area is 168 Å². The Morgan fingerprint density at radius 2 is 1.86 bits per heavy atom. The summed E-state index contributed by atoms with van der Waals surface area (Å²) in [5.41, 5.74) is -0.194. The van der Waals surface area contributed by atoms with Crippen LogP contribution in [0.2, 0.25) is 0 Å². The lowest BCUT2D eigenvalue weighted by molar-refractivity contribution is 0.0722. The molecule has 150 valence electrons. The zero-order valence-electron chi connectivity index (χ0n) is 16.3. The molecule has 0 amide bonds. The quantitative estimate of drug-likeness (QED) is 0.237. The number of fused-ring (bicyclic) bond motifs is 1. The molecule has 3 rings (SSSR count). The molecule has 0 saturated carbocycles. The molecule has 1 aromatic heterocycles. The van der Waals surface area contributed by atoms with Crippen molar-refractivity contribution in [3.05, 3.63) is 76.7 Å². The number of esters is 1. The molecule has 0 aliphatic carbocycles. The predicted octanol–water partition coefficient (Wildman–Crippen LogP) is 4.76. The minimum atomic E-state index is -0.797. The van der Waals surface area contributed by atoms with E-state index in [4.69, 9.17) is 18.6 Å². The summed E-state index contributed by atoms with van der Waals surface area (Å²) >= 11 is 0. The normalized spacial score (nSPS) is 11.0. The van der Waals surface area contributed by atoms with Gasteiger partial charge in [0, 0.05) is 6.07 Å². The molecular formula is C23H22O6. The highest BCUT2D eigenvalue weighted by molar-refractivity contribution is 5.93. The minimum Gasteiger partial charge on any atom is -0.497 e. The summed E-state index contributed by atoms with van der Waals surface area (Å²) in [6.07, 6.45) is 5.60. The molecule has 0 saturated heterocycles. The van der Waals surface area contributed by atoms with E-state index in [1.165, 1.54) is 7.11 Å². The third kappa shape index (κ3) is 4.85. The van der Waals surface area contributed by atoms with Gasteiger partial charge in [-0.2, -0.15) is 0 Å². The molecule has 0 radical (unpaired) electrons. The Hall–Kier alpha value is -3.54. The van der Waals surface area contributed by atoms with Crippen LogP contribution >= 0.6 is 0 Å². The highest BCUT2D eigenvalue weighted by atomic mass is 16.6. The third-order valence-corrected chi connectivity index (χ3v) is 4.17. The molecule has 2 aromatic carbocycles. The van der Waals surface area contributed by atoms with Crippen molar-refractivity contribution in [2.45, 2.75) is 19.8 Å². The van der Waals surface area contributed by atoms with E-state index in [0.29, 0.717) is 29.7 Å². The van der Waals surface area contributed by atoms with Crippen molar-refractivity contribution in [1.82, 2.24) is 0 Å². The highest BCUT2D eigenvalue weighted by Crippen LogP contribution is 2.35. The maximum Gasteiger partial charge on any atom is 0.383 e. The van der Waals surface area contributed by atoms with Crippen LogP contribution in [-0.4, -0.2) is 19.7 Å². The number of benzene rings is 2. The third-order valence-electron chi connectivity index (χ3n) is 4.17. The number of ether oxygens (including phenoxy) is 3. The van der Waals surface area contributed by atoms with Crippen LogP contribution in [0.3, 0.4) is 0 Å². The summed E-state index contributed by atoms with van der Waals surface area (Å²) < 4.78 is 21.8. The summed E-state index contributed by atoms with van der Waals surface area (Å²) in [4.78, 5) is 25.1. The molecule has 0 aliphatic rings. The Bertz CT molecular complexity index is 1070. The lowest BCUT2D eigenvalue weighted by Gasteiger charge is -2.13. The van der Waals surface area contributed by atoms with Crippen molar-refractivity contribution in [3.8, 4) is 17.2 Å². The standard InChI is InChI=1S/C23H22O6/c1-3-4-5-9-14-27-20-18-13-12-17(26-2)15-19(18)28-23(25)21(20)29-22(24)16-10-7-6-8-11-16/h4-8,10-13,15H,3,9,14H2,1-2H3/b5-4+. The van der Waals surface area contributed by atoms with Gasteiger partial charge in [0.15, 0.2) is 5.75 Å². The Morgan fingerprint density at radius 1 is 1.07 bits per heavy atom. The second-order valence-corrected chi connectivity index (χ2v) is 6.18. The van der Waals surface area contributed by atoms with Crippen LogP contribution in [0.25, 0.3) is 11.0 Å². The number of allylic oxidation sites excluding steroid dienone is 1. The number of hydrogen-bond donors (Lipinski definition) is 0. The first-order valence-electron chi connectivity index (χ1n) is 9.34. The number of hydrogen-bond acceptors (Lipinski definition) is 6. The van der Waals surface area contributed by atoms with Gasteiger partial charge in [-0.3, -0.25) is 0 Å². The fourth-order valence-electron chi connectivity index (χ4n) is 2.73. The van der Waals surface area contributed by atoms with E-state index < -0.39 is 11.6 Å². The highest BCUT2D eigenvalue weighted by Gasteiger charge is 2.21. The van der Waals surface area contributed by atoms with E-state index in [0.717, 1.165) is 6.42 Å². The second kappa shape index (κ2) is 9.59. The molecule has 0 spiro atoms. The van der Waals surface area contributed by atoms with Gasteiger partial charge >= 0.3 is 11.6 Å². The molecule has 0 aliphatic heterocycles. The number of carbonyl (C=O) groups is 1. The molecule has 0 bridgehead atoms. The lowest BCUT2D eigenvalue weighted by Crippen LogP contribution is -2.16. The van der Waals surface area contributed by atoms with Gasteiger partial charge in [-0.25, -0.2) is 9.59 Å². The van der Waals surface area contributed by atoms with E-state index in [1.807, 2.05) is 19.1 Å². The summed E-state index contributed by atoms with van der Waals surface area (Å²) in [6.45, 7) is 2.36. The first-order chi connectivity index (χ1) is 14.1. The molecule has 0 N–H and O–H groups in total. The summed E-state index contributed by atoms with van der Waals surface area (Å²) in [6, 6.07) is 13.4. The molecule has 1 heterocycles. The van der Waals surface area contributed by atoms with Crippen molar-refractivity contribution < 1.29 is 23.4 Å². The number of carbonyl (C=O) groups excluding carboxylic acids is 1. The summed E-state index contributed by atoms with van der Waals surface area (Å²) in [7, 11) is 1.52. The van der Waals surface area contributed by atoms with Gasteiger partial charge < -0.3 is 18.6 Å². The van der Waals surface area contributed by atoms with E-state index in [1.54, 1.807) is 48.5 Å². The first-order valence-corrected chi connectivity index (χ1v) is 9.34. The van der Waals surface area contributed by atoms with Crippen molar-refractivity contribution in [3.63, 3.8) is 0 Å². The lowest BCUT2D eigenvalue weighted by atomic mass is 10.2. The SMILES string of the molecule is CC/C=C/CCOc1c(OC(=O)c2ccccc2)c(=O)oc2cc(OC)ccc12. The largest absolute Gasteiger partial charge is 0.497 e. The van der Waals surface area contributed by atoms with Crippen LogP contribution in [0.5, 0.6) is 17.2 Å². The molecule has 0 fully saturated rings. The predicted molar refractivity (Wildman–Crippen MR) is 110 cm³/mol. The van der Waals surface area contributed by atoms with Crippen molar-refractivity contribution in [2.24, 2.45) is 0 Å². The molecule has 3 aromatic rings. The van der Waals surface area contributed by atoms with E-state index in [2.05, 4.69) is 0 Å². The topological polar surface area (TPSA) is 75.0 Å². The summed E-state index contributed by atoms with van der Waals surface area (Å²) in [5.74, 6) is -0.225. The van der Waals surface area contributed by atoms with Gasteiger partial charge in [-0.05, 0) is 37.1 Å². The fraction of sp³-hybridized carbons (Fsp3) is 0.217. The van der Waals surface area contributed by atoms with Crippen LogP contribution < -0.4 is 19.8 Å². The molecule has 0 atom stereocenters. The van der Waals surface area contributed by atoms with Crippen molar-refractivity contribution >= 4 is 16.9 Å². The van der Waals surface area contributed by atoms with E-state index in [-0.39, 0.29) is 17.1 Å². The van der Waals surface area contributed by atoms with Gasteiger partial charge in [0.1, 0.15) is 11.3 Å². The van der Waals surface area contributed by atoms with Crippen molar-refractivity contribution in [2.75, 3.05) is 13.7 Å². The van der Waals surface area contributed by atoms with Crippen LogP contribution in [0, 0.1) is 0 Å². The maximum atomic E-state index is 12.6. The average molecular weight is 394 g/mol. The van der Waals surface area contributed by atoms with Gasteiger partial charge in [-0.1, -0.05) is 37.3 Å². The van der Waals surface area contributed by atoms with E-state index >= 15 is 0 Å². The average Bonchev–Trinajstić information content (AvgIpc) is 2.75. The Balaban J connectivity index is 2.00. The van der Waals surface area contributed by atoms with Crippen LogP contribution in [0.15, 0.2) is 69.9 Å².